The predicted octanol–water partition coefficient (Wildman–Crippen LogP) is 3.14. The number of nitrogens with zero attached hydrogens (tertiary/aromatic N) is 1. The van der Waals surface area contributed by atoms with Gasteiger partial charge in [-0.1, -0.05) is 17.7 Å². The Morgan fingerprint density at radius 2 is 2.04 bits per heavy atom. The largest absolute Gasteiger partial charge is 0.496 e. The van der Waals surface area contributed by atoms with Crippen LogP contribution in [0.1, 0.15) is 38.2 Å². The summed E-state index contributed by atoms with van der Waals surface area (Å²) in [4.78, 5) is 16.1. The van der Waals surface area contributed by atoms with E-state index < -0.39 is 0 Å². The summed E-state index contributed by atoms with van der Waals surface area (Å²) in [5.74, 6) is 1.45. The van der Waals surface area contributed by atoms with Crippen molar-refractivity contribution >= 4 is 23.5 Å². The normalized spacial score (nSPS) is 20.4. The lowest BCUT2D eigenvalue weighted by Gasteiger charge is -2.29. The van der Waals surface area contributed by atoms with Crippen LogP contribution in [0, 0.1) is 5.92 Å². The van der Waals surface area contributed by atoms with E-state index in [0.29, 0.717) is 24.2 Å². The number of esters is 1. The highest BCUT2D eigenvalue weighted by Crippen LogP contribution is 2.25. The lowest BCUT2D eigenvalue weighted by atomic mass is 9.86. The molecule has 1 aromatic rings. The number of aliphatic imine (C=N–C) groups is 1. The number of halogens is 1. The average molecular weight is 382 g/mol. The minimum Gasteiger partial charge on any atom is -0.496 e. The van der Waals surface area contributed by atoms with Gasteiger partial charge in [0.2, 0.25) is 0 Å². The van der Waals surface area contributed by atoms with E-state index in [2.05, 4.69) is 15.6 Å². The fraction of sp³-hybridized carbons (Fsp3) is 0.579. The lowest BCUT2D eigenvalue weighted by molar-refractivity contribution is -0.149. The van der Waals surface area contributed by atoms with E-state index in [-0.39, 0.29) is 11.9 Å². The number of hydrogen-bond donors (Lipinski definition) is 2. The summed E-state index contributed by atoms with van der Waals surface area (Å²) in [7, 11) is 3.38. The van der Waals surface area contributed by atoms with Crippen molar-refractivity contribution in [3.05, 3.63) is 28.8 Å². The fourth-order valence-corrected chi connectivity index (χ4v) is 3.33. The van der Waals surface area contributed by atoms with Crippen molar-refractivity contribution in [1.29, 1.82) is 0 Å². The highest BCUT2D eigenvalue weighted by Gasteiger charge is 2.27. The average Bonchev–Trinajstić information content (AvgIpc) is 2.66. The smallest absolute Gasteiger partial charge is 0.308 e. The molecule has 2 rings (SSSR count). The second-order valence-corrected chi connectivity index (χ2v) is 6.76. The molecule has 6 nitrogen and oxygen atoms in total. The first kappa shape index (κ1) is 20.4. The number of benzene rings is 1. The Bertz CT molecular complexity index is 628. The van der Waals surface area contributed by atoms with Crippen molar-refractivity contribution in [1.82, 2.24) is 10.6 Å². The molecular formula is C19H28ClN3O3. The Kier molecular flexibility index (Phi) is 8.04. The molecule has 0 aliphatic heterocycles. The summed E-state index contributed by atoms with van der Waals surface area (Å²) < 4.78 is 10.5. The molecule has 144 valence electrons. The van der Waals surface area contributed by atoms with E-state index in [1.165, 1.54) is 0 Å². The van der Waals surface area contributed by atoms with Gasteiger partial charge in [0.15, 0.2) is 5.96 Å². The van der Waals surface area contributed by atoms with Crippen LogP contribution in [0.5, 0.6) is 5.75 Å². The summed E-state index contributed by atoms with van der Waals surface area (Å²) >= 11 is 6.00. The van der Waals surface area contributed by atoms with E-state index in [9.17, 15) is 4.79 Å². The number of carbonyl (C=O) groups excluding carboxylic acids is 1. The van der Waals surface area contributed by atoms with Crippen LogP contribution < -0.4 is 15.4 Å². The number of rotatable bonds is 6. The molecule has 1 aromatic carbocycles. The molecule has 0 amide bonds. The highest BCUT2D eigenvalue weighted by atomic mass is 35.5. The maximum atomic E-state index is 11.8. The number of nitrogens with one attached hydrogen (secondary N) is 2. The number of guanidine groups is 1. The molecule has 26 heavy (non-hydrogen) atoms. The van der Waals surface area contributed by atoms with Gasteiger partial charge in [-0.3, -0.25) is 9.79 Å². The summed E-state index contributed by atoms with van der Waals surface area (Å²) in [5, 5.41) is 7.39. The molecule has 0 aromatic heterocycles. The van der Waals surface area contributed by atoms with Crippen LogP contribution in [-0.4, -0.2) is 38.7 Å². The molecule has 0 bridgehead atoms. The van der Waals surface area contributed by atoms with Crippen molar-refractivity contribution in [2.75, 3.05) is 20.8 Å². The molecule has 0 unspecified atom stereocenters. The van der Waals surface area contributed by atoms with Crippen LogP contribution in [0.25, 0.3) is 0 Å². The van der Waals surface area contributed by atoms with Gasteiger partial charge in [-0.05, 0) is 44.7 Å². The van der Waals surface area contributed by atoms with Crippen molar-refractivity contribution in [3.8, 4) is 5.75 Å². The van der Waals surface area contributed by atoms with E-state index >= 15 is 0 Å². The number of hydrogen-bond acceptors (Lipinski definition) is 4. The highest BCUT2D eigenvalue weighted by molar-refractivity contribution is 6.30. The Labute approximate surface area is 160 Å². The molecule has 2 N–H and O–H groups in total. The van der Waals surface area contributed by atoms with Gasteiger partial charge in [-0.2, -0.15) is 0 Å². The third-order valence-corrected chi connectivity index (χ3v) is 4.84. The van der Waals surface area contributed by atoms with Crippen molar-refractivity contribution in [2.24, 2.45) is 10.9 Å². The second kappa shape index (κ2) is 10.3. The Morgan fingerprint density at radius 1 is 1.31 bits per heavy atom. The van der Waals surface area contributed by atoms with Gasteiger partial charge in [-0.25, -0.2) is 0 Å². The van der Waals surface area contributed by atoms with Crippen LogP contribution in [-0.2, 0) is 16.1 Å². The van der Waals surface area contributed by atoms with E-state index in [1.54, 1.807) is 20.2 Å². The first-order valence-corrected chi connectivity index (χ1v) is 9.41. The van der Waals surface area contributed by atoms with Gasteiger partial charge < -0.3 is 20.1 Å². The molecule has 0 heterocycles. The molecule has 0 atom stereocenters. The van der Waals surface area contributed by atoms with Crippen LogP contribution in [0.4, 0.5) is 0 Å². The Hall–Kier alpha value is -1.95. The van der Waals surface area contributed by atoms with Crippen LogP contribution in [0.2, 0.25) is 5.02 Å². The zero-order chi connectivity index (χ0) is 18.9. The molecule has 1 saturated carbocycles. The standard InChI is InChI=1S/C19H28ClN3O3/c1-4-26-18(24)13-6-9-16(10-7-13)23-19(21-2)22-12-14-5-8-15(20)11-17(14)25-3/h5,8,11,13,16H,4,6-7,9-10,12H2,1-3H3,(H2,21,22,23). The molecule has 7 heteroatoms. The monoisotopic (exact) mass is 381 g/mol. The quantitative estimate of drug-likeness (QED) is 0.450. The predicted molar refractivity (Wildman–Crippen MR) is 104 cm³/mol. The molecule has 1 aliphatic carbocycles. The van der Waals surface area contributed by atoms with Gasteiger partial charge in [-0.15, -0.1) is 0 Å². The van der Waals surface area contributed by atoms with Crippen LogP contribution in [0.3, 0.4) is 0 Å². The Morgan fingerprint density at radius 3 is 2.65 bits per heavy atom. The first-order chi connectivity index (χ1) is 12.6. The summed E-state index contributed by atoms with van der Waals surface area (Å²) in [5.41, 5.74) is 1.01. The number of methoxy groups -OCH3 is 1. The third kappa shape index (κ3) is 5.80. The zero-order valence-corrected chi connectivity index (χ0v) is 16.4. The lowest BCUT2D eigenvalue weighted by Crippen LogP contribution is -2.45. The van der Waals surface area contributed by atoms with E-state index in [0.717, 1.165) is 43.0 Å². The number of ether oxygens (including phenoxy) is 2. The topological polar surface area (TPSA) is 72.0 Å². The molecule has 1 fully saturated rings. The van der Waals surface area contributed by atoms with E-state index in [4.69, 9.17) is 21.1 Å². The second-order valence-electron chi connectivity index (χ2n) is 6.33. The zero-order valence-electron chi connectivity index (χ0n) is 15.7. The molecular weight excluding hydrogens is 354 g/mol. The summed E-state index contributed by atoms with van der Waals surface area (Å²) in [6.07, 6.45) is 3.54. The maximum Gasteiger partial charge on any atom is 0.308 e. The third-order valence-electron chi connectivity index (χ3n) is 4.61. The molecule has 0 spiro atoms. The molecule has 0 saturated heterocycles. The van der Waals surface area contributed by atoms with Gasteiger partial charge in [0.05, 0.1) is 19.6 Å². The van der Waals surface area contributed by atoms with Crippen LogP contribution >= 0.6 is 11.6 Å². The fourth-order valence-electron chi connectivity index (χ4n) is 3.16. The minimum atomic E-state index is -0.0664. The number of carbonyl (C=O) groups is 1. The molecule has 1 aliphatic rings. The summed E-state index contributed by atoms with van der Waals surface area (Å²) in [6, 6.07) is 5.88. The summed E-state index contributed by atoms with van der Waals surface area (Å²) in [6.45, 7) is 2.87. The van der Waals surface area contributed by atoms with Gasteiger partial charge in [0, 0.05) is 30.2 Å². The van der Waals surface area contributed by atoms with Gasteiger partial charge in [0.1, 0.15) is 5.75 Å². The van der Waals surface area contributed by atoms with Crippen molar-refractivity contribution in [2.45, 2.75) is 45.2 Å². The van der Waals surface area contributed by atoms with Crippen LogP contribution in [0.15, 0.2) is 23.2 Å². The van der Waals surface area contributed by atoms with Gasteiger partial charge in [0.25, 0.3) is 0 Å². The van der Waals surface area contributed by atoms with Crippen molar-refractivity contribution < 1.29 is 14.3 Å². The maximum absolute atomic E-state index is 11.8. The minimum absolute atomic E-state index is 0.0290. The molecule has 0 radical (unpaired) electrons. The van der Waals surface area contributed by atoms with Gasteiger partial charge >= 0.3 is 5.97 Å². The first-order valence-electron chi connectivity index (χ1n) is 9.03. The van der Waals surface area contributed by atoms with E-state index in [1.807, 2.05) is 19.1 Å². The Balaban J connectivity index is 1.83. The SMILES string of the molecule is CCOC(=O)C1CCC(NC(=NC)NCc2ccc(Cl)cc2OC)CC1. The van der Waals surface area contributed by atoms with Crippen molar-refractivity contribution in [3.63, 3.8) is 0 Å².